The lowest BCUT2D eigenvalue weighted by Gasteiger charge is -2.42. The molecule has 1 unspecified atom stereocenters. The molecule has 0 radical (unpaired) electrons. The van der Waals surface area contributed by atoms with Gasteiger partial charge in [-0.05, 0) is 76.9 Å². The van der Waals surface area contributed by atoms with Gasteiger partial charge in [0, 0.05) is 1.43 Å². The van der Waals surface area contributed by atoms with E-state index in [2.05, 4.69) is 59.7 Å². The van der Waals surface area contributed by atoms with E-state index >= 15 is 0 Å². The molecule has 0 spiro atoms. The predicted molar refractivity (Wildman–Crippen MR) is 118 cm³/mol. The Morgan fingerprint density at radius 2 is 1.25 bits per heavy atom. The van der Waals surface area contributed by atoms with Gasteiger partial charge in [-0.1, -0.05) is 26.7 Å². The largest absolute Gasteiger partial charge is 0.436 e. The smallest absolute Gasteiger partial charge is 0.315 e. The molecule has 0 aliphatic carbocycles. The van der Waals surface area contributed by atoms with Gasteiger partial charge >= 0.3 is 17.1 Å². The van der Waals surface area contributed by atoms with Gasteiger partial charge in [-0.2, -0.15) is 0 Å². The summed E-state index contributed by atoms with van der Waals surface area (Å²) in [7, 11) is -7.75. The van der Waals surface area contributed by atoms with E-state index in [9.17, 15) is 0 Å². The molecule has 0 heterocycles. The maximum atomic E-state index is 6.71. The molecule has 0 aromatic heterocycles. The Labute approximate surface area is 157 Å². The summed E-state index contributed by atoms with van der Waals surface area (Å²) in [4.78, 5) is 0. The number of hydrogen-bond donors (Lipinski definition) is 1. The van der Waals surface area contributed by atoms with Crippen LogP contribution in [0.5, 0.6) is 0 Å². The second-order valence-corrected chi connectivity index (χ2v) is 25.0. The fourth-order valence-corrected chi connectivity index (χ4v) is 22.7. The lowest BCUT2D eigenvalue weighted by atomic mass is 10.4. The van der Waals surface area contributed by atoms with Crippen LogP contribution in [0.1, 0.15) is 34.5 Å². The zero-order valence-corrected chi connectivity index (χ0v) is 21.8. The van der Waals surface area contributed by atoms with Crippen molar-refractivity contribution in [1.82, 2.24) is 0 Å². The van der Waals surface area contributed by atoms with Crippen molar-refractivity contribution in [1.29, 1.82) is 0 Å². The van der Waals surface area contributed by atoms with Crippen LogP contribution in [0.2, 0.25) is 64.0 Å². The molecular weight excluding hydrogens is 367 g/mol. The molecule has 8 heteroatoms. The number of nitrogens with two attached hydrogens (primary N) is 1. The summed E-state index contributed by atoms with van der Waals surface area (Å²) in [6.45, 7) is 21.0. The summed E-state index contributed by atoms with van der Waals surface area (Å²) in [5.41, 5.74) is 5.67. The summed E-state index contributed by atoms with van der Waals surface area (Å²) in [6.07, 6.45) is 3.53. The molecule has 0 rings (SSSR count). The third-order valence-electron chi connectivity index (χ3n) is 4.23. The van der Waals surface area contributed by atoms with Crippen LogP contribution < -0.4 is 5.73 Å². The molecule has 0 bridgehead atoms. The molecule has 0 saturated carbocycles. The van der Waals surface area contributed by atoms with Crippen LogP contribution in [0.25, 0.3) is 0 Å². The Balaban J connectivity index is 0. The second-order valence-electron chi connectivity index (χ2n) is 8.71. The molecule has 0 aliphatic heterocycles. The molecule has 0 saturated heterocycles. The van der Waals surface area contributed by atoms with Crippen LogP contribution >= 0.6 is 0 Å². The molecule has 0 fully saturated rings. The highest BCUT2D eigenvalue weighted by molar-refractivity contribution is 6.89. The van der Waals surface area contributed by atoms with Crippen molar-refractivity contribution in [2.45, 2.75) is 97.1 Å². The molecule has 0 aromatic carbocycles. The van der Waals surface area contributed by atoms with Gasteiger partial charge < -0.3 is 18.1 Å². The maximum Gasteiger partial charge on any atom is 0.315 e. The van der Waals surface area contributed by atoms with Crippen LogP contribution in [-0.2, 0) is 12.3 Å². The van der Waals surface area contributed by atoms with Gasteiger partial charge in [0.25, 0.3) is 0 Å². The average molecular weight is 412 g/mol. The Bertz CT molecular complexity index is 373. The van der Waals surface area contributed by atoms with E-state index in [4.69, 9.17) is 18.1 Å². The third kappa shape index (κ3) is 10.6. The highest BCUT2D eigenvalue weighted by atomic mass is 28.5. The summed E-state index contributed by atoms with van der Waals surface area (Å²) in [5, 5.41) is 0. The normalized spacial score (nSPS) is 16.2. The van der Waals surface area contributed by atoms with E-state index in [1.807, 2.05) is 0 Å². The van der Waals surface area contributed by atoms with Crippen LogP contribution in [0.15, 0.2) is 0 Å². The van der Waals surface area contributed by atoms with E-state index in [0.29, 0.717) is 0 Å². The van der Waals surface area contributed by atoms with Gasteiger partial charge in [0.1, 0.15) is 0 Å². The van der Waals surface area contributed by atoms with E-state index < -0.39 is 33.8 Å². The zero-order chi connectivity index (χ0) is 19.1. The third-order valence-corrected chi connectivity index (χ3v) is 20.4. The van der Waals surface area contributed by atoms with Gasteiger partial charge in [-0.15, -0.1) is 0 Å². The predicted octanol–water partition coefficient (Wildman–Crippen LogP) is 5.64. The van der Waals surface area contributed by atoms with Crippen LogP contribution in [0, 0.1) is 0 Å². The van der Waals surface area contributed by atoms with Crippen molar-refractivity contribution in [2.75, 3.05) is 6.54 Å². The van der Waals surface area contributed by atoms with Crippen LogP contribution in [0.3, 0.4) is 0 Å². The van der Waals surface area contributed by atoms with Crippen molar-refractivity contribution in [3.63, 3.8) is 0 Å². The Hall–Kier alpha value is 0.708. The second kappa shape index (κ2) is 10.1. The fourth-order valence-electron chi connectivity index (χ4n) is 3.19. The standard InChI is InChI=1S/C16H43NO3Si4.H2/c1-10-12-15-22(5,6)19-24(9,11-2)20-23(7,8)18-21(3,4)16-13-14-17;/h10-17H2,1-9H3;1H. The molecule has 4 nitrogen and oxygen atoms in total. The summed E-state index contributed by atoms with van der Waals surface area (Å²) < 4.78 is 20.0. The first-order valence-electron chi connectivity index (χ1n) is 9.61. The van der Waals surface area contributed by atoms with Gasteiger partial charge in [0.05, 0.1) is 0 Å². The first kappa shape index (κ1) is 24.7. The lowest BCUT2D eigenvalue weighted by Crippen LogP contribution is -2.57. The fraction of sp³-hybridized carbons (Fsp3) is 1.00. The van der Waals surface area contributed by atoms with Gasteiger partial charge in [0.2, 0.25) is 0 Å². The van der Waals surface area contributed by atoms with Crippen molar-refractivity contribution >= 4 is 33.8 Å². The molecule has 0 aromatic rings. The molecule has 148 valence electrons. The monoisotopic (exact) mass is 411 g/mol. The Morgan fingerprint density at radius 3 is 1.71 bits per heavy atom. The number of unbranched alkanes of at least 4 members (excludes halogenated alkanes) is 1. The Morgan fingerprint density at radius 1 is 0.750 bits per heavy atom. The van der Waals surface area contributed by atoms with Gasteiger partial charge in [0.15, 0.2) is 16.6 Å². The quantitative estimate of drug-likeness (QED) is 0.399. The van der Waals surface area contributed by atoms with Crippen molar-refractivity contribution < 1.29 is 13.8 Å². The average Bonchev–Trinajstić information content (AvgIpc) is 2.40. The molecule has 0 amide bonds. The first-order valence-corrected chi connectivity index (χ1v) is 21.2. The molecule has 2 N–H and O–H groups in total. The summed E-state index contributed by atoms with van der Waals surface area (Å²) in [5.74, 6) is 0. The highest BCUT2D eigenvalue weighted by Gasteiger charge is 2.44. The molecule has 1 atom stereocenters. The highest BCUT2D eigenvalue weighted by Crippen LogP contribution is 2.29. The lowest BCUT2D eigenvalue weighted by molar-refractivity contribution is 0.321. The molecular formula is C16H45NO3Si4. The van der Waals surface area contributed by atoms with Crippen molar-refractivity contribution in [3.05, 3.63) is 0 Å². The van der Waals surface area contributed by atoms with E-state index in [0.717, 1.165) is 25.1 Å². The van der Waals surface area contributed by atoms with Crippen molar-refractivity contribution in [3.8, 4) is 0 Å². The maximum absolute atomic E-state index is 6.71. The number of rotatable bonds is 13. The van der Waals surface area contributed by atoms with Gasteiger partial charge in [-0.3, -0.25) is 0 Å². The minimum atomic E-state index is -2.20. The topological polar surface area (TPSA) is 53.7 Å². The minimum Gasteiger partial charge on any atom is -0.436 e. The first-order chi connectivity index (χ1) is 10.8. The SMILES string of the molecule is CCCC[Si](C)(C)O[Si](C)(CC)O[Si](C)(C)O[Si](C)(C)CCCN.[HH]. The van der Waals surface area contributed by atoms with E-state index in [1.54, 1.807) is 0 Å². The van der Waals surface area contributed by atoms with Gasteiger partial charge in [-0.25, -0.2) is 0 Å². The van der Waals surface area contributed by atoms with Crippen LogP contribution in [-0.4, -0.2) is 40.3 Å². The van der Waals surface area contributed by atoms with Crippen molar-refractivity contribution in [2.24, 2.45) is 5.73 Å². The van der Waals surface area contributed by atoms with E-state index in [1.165, 1.54) is 18.9 Å². The molecule has 24 heavy (non-hydrogen) atoms. The number of hydrogen-bond acceptors (Lipinski definition) is 4. The Kier molecular flexibility index (Phi) is 10.4. The van der Waals surface area contributed by atoms with Crippen LogP contribution in [0.4, 0.5) is 0 Å². The zero-order valence-electron chi connectivity index (χ0n) is 17.8. The summed E-state index contributed by atoms with van der Waals surface area (Å²) in [6, 6.07) is 3.31. The summed E-state index contributed by atoms with van der Waals surface area (Å²) >= 11 is 0. The minimum absolute atomic E-state index is 0. The molecule has 0 aliphatic rings. The van der Waals surface area contributed by atoms with E-state index in [-0.39, 0.29) is 1.43 Å².